The van der Waals surface area contributed by atoms with E-state index in [2.05, 4.69) is 6.58 Å². The van der Waals surface area contributed by atoms with E-state index in [0.717, 1.165) is 0 Å². The maximum Gasteiger partial charge on any atom is 0.345 e. The standard InChI is InChI=1S/C17H18ClNO5/c1-5-7-19-11-9-13(23-4)12(22-3)8-10(11)15(18)14(16(19)20)17(21)24-6-2/h5,8-9H,1,6-7H2,2-4H3. The highest BCUT2D eigenvalue weighted by atomic mass is 35.5. The van der Waals surface area contributed by atoms with Crippen LogP contribution >= 0.6 is 11.6 Å². The number of carbonyl (C=O) groups excluding carboxylic acids is 1. The molecule has 0 radical (unpaired) electrons. The van der Waals surface area contributed by atoms with E-state index in [-0.39, 0.29) is 23.7 Å². The minimum atomic E-state index is -0.762. The number of halogens is 1. The fourth-order valence-corrected chi connectivity index (χ4v) is 2.74. The predicted octanol–water partition coefficient (Wildman–Crippen LogP) is 3.03. The first kappa shape index (κ1) is 17.9. The average molecular weight is 352 g/mol. The van der Waals surface area contributed by atoms with E-state index in [1.165, 1.54) is 18.8 Å². The van der Waals surface area contributed by atoms with Crippen molar-refractivity contribution in [3.63, 3.8) is 0 Å². The Morgan fingerprint density at radius 1 is 1.29 bits per heavy atom. The van der Waals surface area contributed by atoms with Gasteiger partial charge < -0.3 is 18.8 Å². The lowest BCUT2D eigenvalue weighted by Crippen LogP contribution is -2.28. The van der Waals surface area contributed by atoms with E-state index in [9.17, 15) is 9.59 Å². The first-order valence-electron chi connectivity index (χ1n) is 7.26. The first-order chi connectivity index (χ1) is 11.5. The number of aromatic nitrogens is 1. The van der Waals surface area contributed by atoms with Crippen LogP contribution in [0.25, 0.3) is 10.9 Å². The second-order valence-electron chi connectivity index (χ2n) is 4.84. The molecule has 6 nitrogen and oxygen atoms in total. The number of methoxy groups -OCH3 is 2. The van der Waals surface area contributed by atoms with Gasteiger partial charge in [-0.1, -0.05) is 17.7 Å². The minimum Gasteiger partial charge on any atom is -0.493 e. The Bertz CT molecular complexity index is 856. The molecule has 128 valence electrons. The van der Waals surface area contributed by atoms with Crippen LogP contribution in [0.5, 0.6) is 11.5 Å². The van der Waals surface area contributed by atoms with E-state index in [1.807, 2.05) is 0 Å². The number of esters is 1. The van der Waals surface area contributed by atoms with Crippen molar-refractivity contribution in [3.05, 3.63) is 45.7 Å². The van der Waals surface area contributed by atoms with Gasteiger partial charge in [-0.3, -0.25) is 4.79 Å². The van der Waals surface area contributed by atoms with E-state index < -0.39 is 11.5 Å². The van der Waals surface area contributed by atoms with Crippen LogP contribution in [-0.4, -0.2) is 31.4 Å². The monoisotopic (exact) mass is 351 g/mol. The van der Waals surface area contributed by atoms with Gasteiger partial charge in [0.25, 0.3) is 5.56 Å². The van der Waals surface area contributed by atoms with Crippen LogP contribution in [0, 0.1) is 0 Å². The summed E-state index contributed by atoms with van der Waals surface area (Å²) < 4.78 is 16.9. The van der Waals surface area contributed by atoms with Crippen molar-refractivity contribution in [1.82, 2.24) is 4.57 Å². The van der Waals surface area contributed by atoms with Crippen LogP contribution in [0.2, 0.25) is 5.02 Å². The molecule has 0 N–H and O–H groups in total. The van der Waals surface area contributed by atoms with Gasteiger partial charge >= 0.3 is 5.97 Å². The molecule has 1 aromatic heterocycles. The van der Waals surface area contributed by atoms with Crippen molar-refractivity contribution in [2.45, 2.75) is 13.5 Å². The van der Waals surface area contributed by atoms with E-state index in [4.69, 9.17) is 25.8 Å². The number of hydrogen-bond donors (Lipinski definition) is 0. The lowest BCUT2D eigenvalue weighted by Gasteiger charge is -2.16. The van der Waals surface area contributed by atoms with Gasteiger partial charge in [0, 0.05) is 18.0 Å². The SMILES string of the molecule is C=CCn1c(=O)c(C(=O)OCC)c(Cl)c2cc(OC)c(OC)cc21. The van der Waals surface area contributed by atoms with Gasteiger partial charge in [-0.2, -0.15) is 0 Å². The van der Waals surface area contributed by atoms with Gasteiger partial charge in [-0.05, 0) is 13.0 Å². The third kappa shape index (κ3) is 2.97. The molecule has 0 aliphatic heterocycles. The van der Waals surface area contributed by atoms with Crippen molar-refractivity contribution in [2.24, 2.45) is 0 Å². The normalized spacial score (nSPS) is 10.5. The first-order valence-corrected chi connectivity index (χ1v) is 7.63. The van der Waals surface area contributed by atoms with Gasteiger partial charge in [0.05, 0.1) is 31.4 Å². The van der Waals surface area contributed by atoms with Crippen molar-refractivity contribution in [3.8, 4) is 11.5 Å². The number of hydrogen-bond acceptors (Lipinski definition) is 5. The van der Waals surface area contributed by atoms with Gasteiger partial charge in [0.15, 0.2) is 11.5 Å². The highest BCUT2D eigenvalue weighted by Gasteiger charge is 2.23. The van der Waals surface area contributed by atoms with Gasteiger partial charge in [0.1, 0.15) is 5.56 Å². The zero-order valence-corrected chi connectivity index (χ0v) is 14.5. The number of fused-ring (bicyclic) bond motifs is 1. The minimum absolute atomic E-state index is 0.0229. The zero-order valence-electron chi connectivity index (χ0n) is 13.7. The summed E-state index contributed by atoms with van der Waals surface area (Å²) in [5.41, 5.74) is -0.242. The Labute approximate surface area is 144 Å². The third-order valence-corrected chi connectivity index (χ3v) is 3.89. The van der Waals surface area contributed by atoms with Crippen molar-refractivity contribution in [2.75, 3.05) is 20.8 Å². The Hall–Kier alpha value is -2.47. The fraction of sp³-hybridized carbons (Fsp3) is 0.294. The Morgan fingerprint density at radius 2 is 1.92 bits per heavy atom. The third-order valence-electron chi connectivity index (χ3n) is 3.50. The molecular formula is C17H18ClNO5. The van der Waals surface area contributed by atoms with Crippen LogP contribution in [0.15, 0.2) is 29.6 Å². The van der Waals surface area contributed by atoms with Crippen LogP contribution in [-0.2, 0) is 11.3 Å². The number of rotatable bonds is 6. The lowest BCUT2D eigenvalue weighted by molar-refractivity contribution is 0.0524. The Morgan fingerprint density at radius 3 is 2.46 bits per heavy atom. The van der Waals surface area contributed by atoms with Crippen LogP contribution in [0.3, 0.4) is 0 Å². The van der Waals surface area contributed by atoms with E-state index in [0.29, 0.717) is 22.4 Å². The Kier molecular flexibility index (Phi) is 5.51. The second-order valence-corrected chi connectivity index (χ2v) is 5.22. The molecular weight excluding hydrogens is 334 g/mol. The molecule has 0 saturated heterocycles. The van der Waals surface area contributed by atoms with Gasteiger partial charge in [0.2, 0.25) is 0 Å². The summed E-state index contributed by atoms with van der Waals surface area (Å²) >= 11 is 6.34. The van der Waals surface area contributed by atoms with Crippen LogP contribution < -0.4 is 15.0 Å². The molecule has 2 rings (SSSR count). The van der Waals surface area contributed by atoms with Crippen molar-refractivity contribution >= 4 is 28.5 Å². The maximum atomic E-state index is 12.7. The summed E-state index contributed by atoms with van der Waals surface area (Å²) in [6.45, 7) is 5.65. The highest BCUT2D eigenvalue weighted by molar-refractivity contribution is 6.38. The van der Waals surface area contributed by atoms with Crippen molar-refractivity contribution < 1.29 is 19.0 Å². The molecule has 0 aliphatic carbocycles. The van der Waals surface area contributed by atoms with Crippen LogP contribution in [0.1, 0.15) is 17.3 Å². The molecule has 0 fully saturated rings. The smallest absolute Gasteiger partial charge is 0.345 e. The molecule has 24 heavy (non-hydrogen) atoms. The molecule has 1 heterocycles. The number of allylic oxidation sites excluding steroid dienone is 1. The van der Waals surface area contributed by atoms with E-state index in [1.54, 1.807) is 25.1 Å². The predicted molar refractivity (Wildman–Crippen MR) is 92.5 cm³/mol. The van der Waals surface area contributed by atoms with Gasteiger partial charge in [-0.15, -0.1) is 6.58 Å². The quantitative estimate of drug-likeness (QED) is 0.591. The van der Waals surface area contributed by atoms with E-state index >= 15 is 0 Å². The average Bonchev–Trinajstić information content (AvgIpc) is 2.57. The molecule has 1 aromatic carbocycles. The van der Waals surface area contributed by atoms with Crippen LogP contribution in [0.4, 0.5) is 0 Å². The summed E-state index contributed by atoms with van der Waals surface area (Å²) in [5.74, 6) is 0.120. The van der Waals surface area contributed by atoms with Crippen molar-refractivity contribution in [1.29, 1.82) is 0 Å². The summed E-state index contributed by atoms with van der Waals surface area (Å²) in [6.07, 6.45) is 1.56. The number of benzene rings is 1. The molecule has 0 spiro atoms. The number of nitrogens with zero attached hydrogens (tertiary/aromatic N) is 1. The molecule has 0 aliphatic rings. The number of carbonyl (C=O) groups is 1. The number of pyridine rings is 1. The summed E-state index contributed by atoms with van der Waals surface area (Å²) in [6, 6.07) is 3.26. The maximum absolute atomic E-state index is 12.7. The second kappa shape index (κ2) is 7.40. The highest BCUT2D eigenvalue weighted by Crippen LogP contribution is 2.35. The molecule has 0 saturated carbocycles. The molecule has 2 aromatic rings. The zero-order chi connectivity index (χ0) is 17.9. The molecule has 0 unspecified atom stereocenters. The molecule has 7 heteroatoms. The largest absolute Gasteiger partial charge is 0.493 e. The summed E-state index contributed by atoms with van der Waals surface area (Å²) in [4.78, 5) is 24.9. The molecule has 0 atom stereocenters. The summed E-state index contributed by atoms with van der Waals surface area (Å²) in [5, 5.41) is 0.508. The Balaban J connectivity index is 2.94. The lowest BCUT2D eigenvalue weighted by atomic mass is 10.1. The molecule has 0 amide bonds. The topological polar surface area (TPSA) is 66.8 Å². The van der Waals surface area contributed by atoms with Gasteiger partial charge in [-0.25, -0.2) is 4.79 Å². The number of ether oxygens (including phenoxy) is 3. The molecule has 0 bridgehead atoms. The summed E-state index contributed by atoms with van der Waals surface area (Å²) in [7, 11) is 2.98. The fourth-order valence-electron chi connectivity index (χ4n) is 2.43.